The Morgan fingerprint density at radius 3 is 2.68 bits per heavy atom. The summed E-state index contributed by atoms with van der Waals surface area (Å²) < 4.78 is 14.1. The molecule has 0 unspecified atom stereocenters. The van der Waals surface area contributed by atoms with Gasteiger partial charge in [0.05, 0.1) is 25.3 Å². The summed E-state index contributed by atoms with van der Waals surface area (Å²) in [6.45, 7) is 0.579. The number of nitrogens with zero attached hydrogens (tertiary/aromatic N) is 2. The smallest absolute Gasteiger partial charge is 0.354 e. The van der Waals surface area contributed by atoms with E-state index in [0.29, 0.717) is 12.2 Å². The van der Waals surface area contributed by atoms with Crippen molar-refractivity contribution in [2.24, 2.45) is 7.05 Å². The molecule has 0 aliphatic carbocycles. The molecule has 3 rings (SSSR count). The van der Waals surface area contributed by atoms with Crippen molar-refractivity contribution in [3.8, 4) is 5.75 Å². The van der Waals surface area contributed by atoms with Crippen LogP contribution in [0, 0.1) is 0 Å². The summed E-state index contributed by atoms with van der Waals surface area (Å²) in [4.78, 5) is 12.0. The zero-order valence-electron chi connectivity index (χ0n) is 12.9. The second-order valence-electron chi connectivity index (χ2n) is 5.16. The van der Waals surface area contributed by atoms with Gasteiger partial charge in [0.2, 0.25) is 0 Å². The van der Waals surface area contributed by atoms with E-state index in [9.17, 15) is 4.79 Å². The molecule has 22 heavy (non-hydrogen) atoms. The number of rotatable bonds is 4. The van der Waals surface area contributed by atoms with Gasteiger partial charge in [0.1, 0.15) is 11.4 Å². The van der Waals surface area contributed by atoms with Gasteiger partial charge in [-0.2, -0.15) is 0 Å². The first-order valence-electron chi connectivity index (χ1n) is 7.00. The Morgan fingerprint density at radius 2 is 1.95 bits per heavy atom. The summed E-state index contributed by atoms with van der Waals surface area (Å²) in [5.74, 6) is 0.465. The Balaban J connectivity index is 2.09. The molecule has 0 radical (unpaired) electrons. The van der Waals surface area contributed by atoms with Crippen LogP contribution in [0.3, 0.4) is 0 Å². The maximum absolute atomic E-state index is 12.0. The van der Waals surface area contributed by atoms with Gasteiger partial charge in [-0.25, -0.2) is 4.79 Å². The van der Waals surface area contributed by atoms with Gasteiger partial charge in [-0.1, -0.05) is 12.1 Å². The molecule has 0 saturated carbocycles. The van der Waals surface area contributed by atoms with E-state index in [2.05, 4.69) is 0 Å². The minimum atomic E-state index is -0.334. The Labute approximate surface area is 128 Å². The van der Waals surface area contributed by atoms with Crippen LogP contribution in [0.25, 0.3) is 11.0 Å². The van der Waals surface area contributed by atoms with E-state index in [0.717, 1.165) is 22.3 Å². The molecule has 0 saturated heterocycles. The second kappa shape index (κ2) is 5.60. The van der Waals surface area contributed by atoms with Gasteiger partial charge in [-0.05, 0) is 29.8 Å². The largest absolute Gasteiger partial charge is 0.497 e. The van der Waals surface area contributed by atoms with Crippen LogP contribution in [0.2, 0.25) is 0 Å². The number of carbonyl (C=O) groups is 1. The number of benzene rings is 1. The lowest BCUT2D eigenvalue weighted by Crippen LogP contribution is -2.11. The summed E-state index contributed by atoms with van der Waals surface area (Å²) in [7, 11) is 5.00. The molecule has 0 bridgehead atoms. The van der Waals surface area contributed by atoms with Gasteiger partial charge < -0.3 is 18.6 Å². The molecule has 2 aromatic heterocycles. The van der Waals surface area contributed by atoms with Crippen LogP contribution in [-0.2, 0) is 18.3 Å². The molecule has 0 N–H and O–H groups in total. The Morgan fingerprint density at radius 1 is 1.14 bits per heavy atom. The topological polar surface area (TPSA) is 45.4 Å². The van der Waals surface area contributed by atoms with E-state index >= 15 is 0 Å². The van der Waals surface area contributed by atoms with Crippen LogP contribution in [0.5, 0.6) is 5.75 Å². The molecule has 0 fully saturated rings. The SMILES string of the molecule is COC(=O)c1cc2c(ccn2C)n1Cc1cccc(OC)c1. The number of hydrogen-bond acceptors (Lipinski definition) is 3. The van der Waals surface area contributed by atoms with Crippen molar-refractivity contribution < 1.29 is 14.3 Å². The zero-order chi connectivity index (χ0) is 15.7. The molecule has 5 nitrogen and oxygen atoms in total. The molecule has 5 heteroatoms. The van der Waals surface area contributed by atoms with Crippen LogP contribution < -0.4 is 4.74 Å². The number of carbonyl (C=O) groups excluding carboxylic acids is 1. The van der Waals surface area contributed by atoms with Gasteiger partial charge >= 0.3 is 5.97 Å². The van der Waals surface area contributed by atoms with Crippen LogP contribution in [-0.4, -0.2) is 29.3 Å². The molecule has 0 aliphatic rings. The highest BCUT2D eigenvalue weighted by atomic mass is 16.5. The summed E-state index contributed by atoms with van der Waals surface area (Å²) in [5.41, 5.74) is 3.62. The first-order chi connectivity index (χ1) is 10.6. The van der Waals surface area contributed by atoms with Crippen LogP contribution in [0.1, 0.15) is 16.1 Å². The monoisotopic (exact) mass is 298 g/mol. The number of esters is 1. The van der Waals surface area contributed by atoms with E-state index in [1.165, 1.54) is 7.11 Å². The molecule has 2 heterocycles. The molecular weight excluding hydrogens is 280 g/mol. The number of methoxy groups -OCH3 is 2. The average molecular weight is 298 g/mol. The summed E-state index contributed by atoms with van der Waals surface area (Å²) in [5, 5.41) is 0. The van der Waals surface area contributed by atoms with Crippen LogP contribution in [0.15, 0.2) is 42.6 Å². The van der Waals surface area contributed by atoms with E-state index in [1.54, 1.807) is 7.11 Å². The van der Waals surface area contributed by atoms with E-state index < -0.39 is 0 Å². The number of ether oxygens (including phenoxy) is 2. The molecule has 0 aliphatic heterocycles. The predicted octanol–water partition coefficient (Wildman–Crippen LogP) is 2.82. The van der Waals surface area contributed by atoms with E-state index in [4.69, 9.17) is 9.47 Å². The fraction of sp³-hybridized carbons (Fsp3) is 0.235. The first kappa shape index (κ1) is 14.3. The summed E-state index contributed by atoms with van der Waals surface area (Å²) in [6, 6.07) is 11.7. The molecular formula is C17H18N2O3. The highest BCUT2D eigenvalue weighted by molar-refractivity contribution is 5.94. The normalized spacial score (nSPS) is 10.9. The maximum Gasteiger partial charge on any atom is 0.354 e. The minimum absolute atomic E-state index is 0.334. The Kier molecular flexibility index (Phi) is 3.63. The highest BCUT2D eigenvalue weighted by Gasteiger charge is 2.18. The lowest BCUT2D eigenvalue weighted by molar-refractivity contribution is 0.0589. The molecule has 0 atom stereocenters. The standard InChI is InChI=1S/C17H18N2O3/c1-18-8-7-14-15(18)10-16(17(20)22-3)19(14)11-12-5-4-6-13(9-12)21-2/h4-10H,11H2,1-3H3. The first-order valence-corrected chi connectivity index (χ1v) is 7.00. The fourth-order valence-corrected chi connectivity index (χ4v) is 2.67. The van der Waals surface area contributed by atoms with Crippen molar-refractivity contribution in [3.63, 3.8) is 0 Å². The number of aryl methyl sites for hydroxylation is 1. The van der Waals surface area contributed by atoms with Crippen molar-refractivity contribution in [3.05, 3.63) is 53.9 Å². The van der Waals surface area contributed by atoms with Gasteiger partial charge in [-0.15, -0.1) is 0 Å². The lowest BCUT2D eigenvalue weighted by atomic mass is 10.2. The number of fused-ring (bicyclic) bond motifs is 1. The predicted molar refractivity (Wildman–Crippen MR) is 84.3 cm³/mol. The fourth-order valence-electron chi connectivity index (χ4n) is 2.67. The van der Waals surface area contributed by atoms with Crippen LogP contribution in [0.4, 0.5) is 0 Å². The second-order valence-corrected chi connectivity index (χ2v) is 5.16. The Hall–Kier alpha value is -2.69. The number of aromatic nitrogens is 2. The summed E-state index contributed by atoms with van der Waals surface area (Å²) >= 11 is 0. The molecule has 114 valence electrons. The van der Waals surface area contributed by atoms with Gasteiger partial charge in [0, 0.05) is 19.8 Å². The van der Waals surface area contributed by atoms with Gasteiger partial charge in [0.25, 0.3) is 0 Å². The third-order valence-electron chi connectivity index (χ3n) is 3.82. The quantitative estimate of drug-likeness (QED) is 0.696. The maximum atomic E-state index is 12.0. The molecule has 0 spiro atoms. The lowest BCUT2D eigenvalue weighted by Gasteiger charge is -2.10. The molecule has 0 amide bonds. The van der Waals surface area contributed by atoms with Crippen molar-refractivity contribution in [1.82, 2.24) is 9.13 Å². The van der Waals surface area contributed by atoms with Crippen molar-refractivity contribution in [1.29, 1.82) is 0 Å². The number of hydrogen-bond donors (Lipinski definition) is 0. The van der Waals surface area contributed by atoms with E-state index in [-0.39, 0.29) is 5.97 Å². The van der Waals surface area contributed by atoms with E-state index in [1.807, 2.05) is 58.8 Å². The van der Waals surface area contributed by atoms with Crippen molar-refractivity contribution >= 4 is 17.0 Å². The highest BCUT2D eigenvalue weighted by Crippen LogP contribution is 2.23. The van der Waals surface area contributed by atoms with Crippen LogP contribution >= 0.6 is 0 Å². The third-order valence-corrected chi connectivity index (χ3v) is 3.82. The van der Waals surface area contributed by atoms with Gasteiger partial charge in [0.15, 0.2) is 0 Å². The Bertz CT molecular complexity index is 830. The summed E-state index contributed by atoms with van der Waals surface area (Å²) in [6.07, 6.45) is 1.98. The zero-order valence-corrected chi connectivity index (χ0v) is 12.9. The third kappa shape index (κ3) is 2.35. The molecule has 1 aromatic carbocycles. The molecule has 3 aromatic rings. The van der Waals surface area contributed by atoms with Gasteiger partial charge in [-0.3, -0.25) is 0 Å². The van der Waals surface area contributed by atoms with Crippen molar-refractivity contribution in [2.75, 3.05) is 14.2 Å². The minimum Gasteiger partial charge on any atom is -0.497 e. The average Bonchev–Trinajstić information content (AvgIpc) is 3.08. The van der Waals surface area contributed by atoms with Crippen molar-refractivity contribution in [2.45, 2.75) is 6.54 Å².